The number of halogens is 2. The van der Waals surface area contributed by atoms with Gasteiger partial charge in [0, 0.05) is 22.6 Å². The quantitative estimate of drug-likeness (QED) is 0.861. The molecule has 1 atom stereocenters. The lowest BCUT2D eigenvalue weighted by Crippen LogP contribution is -2.28. The minimum Gasteiger partial charge on any atom is -0.370 e. The van der Waals surface area contributed by atoms with Crippen molar-refractivity contribution < 1.29 is 0 Å². The third-order valence-electron chi connectivity index (χ3n) is 3.52. The van der Waals surface area contributed by atoms with Crippen LogP contribution in [0, 0.1) is 11.8 Å². The molecule has 19 heavy (non-hydrogen) atoms. The molecule has 0 spiro atoms. The summed E-state index contributed by atoms with van der Waals surface area (Å²) in [7, 11) is 0. The molecule has 1 fully saturated rings. The minimum absolute atomic E-state index is 0.722. The third kappa shape index (κ3) is 4.37. The van der Waals surface area contributed by atoms with Crippen LogP contribution in [0.1, 0.15) is 20.3 Å². The number of nitrogens with zero attached hydrogens (tertiary/aromatic N) is 1. The lowest BCUT2D eigenvalue weighted by atomic mass is 10.1. The predicted molar refractivity (Wildman–Crippen MR) is 87.2 cm³/mol. The van der Waals surface area contributed by atoms with Gasteiger partial charge in [-0.1, -0.05) is 25.4 Å². The van der Waals surface area contributed by atoms with Crippen molar-refractivity contribution in [3.8, 4) is 0 Å². The number of anilines is 1. The van der Waals surface area contributed by atoms with Crippen molar-refractivity contribution in [2.24, 2.45) is 11.8 Å². The summed E-state index contributed by atoms with van der Waals surface area (Å²) in [6.45, 7) is 8.95. The van der Waals surface area contributed by atoms with Crippen LogP contribution in [0.25, 0.3) is 0 Å². The van der Waals surface area contributed by atoms with E-state index in [-0.39, 0.29) is 0 Å². The highest BCUT2D eigenvalue weighted by Crippen LogP contribution is 2.32. The van der Waals surface area contributed by atoms with Gasteiger partial charge in [-0.25, -0.2) is 0 Å². The Morgan fingerprint density at radius 1 is 1.47 bits per heavy atom. The summed E-state index contributed by atoms with van der Waals surface area (Å²) in [4.78, 5) is 2.43. The molecule has 0 aromatic heterocycles. The zero-order valence-electron chi connectivity index (χ0n) is 11.6. The van der Waals surface area contributed by atoms with Gasteiger partial charge >= 0.3 is 0 Å². The highest BCUT2D eigenvalue weighted by Gasteiger charge is 2.23. The molecule has 1 heterocycles. The lowest BCUT2D eigenvalue weighted by molar-refractivity contribution is 0.477. The largest absolute Gasteiger partial charge is 0.370 e. The van der Waals surface area contributed by atoms with Gasteiger partial charge in [0.2, 0.25) is 0 Å². The topological polar surface area (TPSA) is 15.3 Å². The van der Waals surface area contributed by atoms with Gasteiger partial charge in [-0.05, 0) is 65.5 Å². The predicted octanol–water partition coefficient (Wildman–Crippen LogP) is 4.17. The Morgan fingerprint density at radius 3 is 3.00 bits per heavy atom. The van der Waals surface area contributed by atoms with E-state index in [4.69, 9.17) is 11.6 Å². The average Bonchev–Trinajstić information content (AvgIpc) is 2.80. The molecular formula is C15H22BrClN2. The van der Waals surface area contributed by atoms with Crippen LogP contribution in [0.3, 0.4) is 0 Å². The van der Waals surface area contributed by atoms with E-state index in [2.05, 4.69) is 46.1 Å². The molecule has 2 rings (SSSR count). The first kappa shape index (κ1) is 15.1. The van der Waals surface area contributed by atoms with Gasteiger partial charge in [0.1, 0.15) is 0 Å². The number of nitrogens with one attached hydrogen (secondary N) is 1. The van der Waals surface area contributed by atoms with Crippen LogP contribution in [0.2, 0.25) is 5.02 Å². The fraction of sp³-hybridized carbons (Fsp3) is 0.600. The molecule has 1 aromatic rings. The molecule has 0 saturated carbocycles. The van der Waals surface area contributed by atoms with E-state index in [1.165, 1.54) is 12.1 Å². The lowest BCUT2D eigenvalue weighted by Gasteiger charge is -2.21. The molecule has 2 nitrogen and oxygen atoms in total. The molecule has 1 saturated heterocycles. The Balaban J connectivity index is 1.89. The molecule has 0 bridgehead atoms. The van der Waals surface area contributed by atoms with Crippen molar-refractivity contribution in [3.05, 3.63) is 27.7 Å². The maximum Gasteiger partial charge on any atom is 0.0525 e. The van der Waals surface area contributed by atoms with E-state index < -0.39 is 0 Å². The number of benzene rings is 1. The molecule has 1 aliphatic rings. The van der Waals surface area contributed by atoms with Gasteiger partial charge in [0.15, 0.2) is 0 Å². The van der Waals surface area contributed by atoms with Crippen LogP contribution in [-0.4, -0.2) is 26.2 Å². The average molecular weight is 346 g/mol. The van der Waals surface area contributed by atoms with Crippen LogP contribution < -0.4 is 10.2 Å². The molecule has 0 amide bonds. The number of rotatable bonds is 5. The number of hydrogen-bond acceptors (Lipinski definition) is 2. The van der Waals surface area contributed by atoms with Gasteiger partial charge in [-0.3, -0.25) is 0 Å². The molecule has 1 N–H and O–H groups in total. The Bertz CT molecular complexity index is 423. The molecule has 106 valence electrons. The Morgan fingerprint density at radius 2 is 2.26 bits per heavy atom. The normalized spacial score (nSPS) is 19.4. The van der Waals surface area contributed by atoms with Crippen molar-refractivity contribution in [1.82, 2.24) is 5.32 Å². The van der Waals surface area contributed by atoms with Crippen LogP contribution in [0.5, 0.6) is 0 Å². The van der Waals surface area contributed by atoms with E-state index >= 15 is 0 Å². The van der Waals surface area contributed by atoms with Crippen LogP contribution >= 0.6 is 27.5 Å². The third-order valence-corrected chi connectivity index (χ3v) is 4.43. The molecule has 1 aromatic carbocycles. The number of hydrogen-bond donors (Lipinski definition) is 1. The molecule has 0 radical (unpaired) electrons. The maximum absolute atomic E-state index is 6.09. The second-order valence-electron chi connectivity index (χ2n) is 5.75. The molecule has 0 aliphatic carbocycles. The second-order valence-corrected chi connectivity index (χ2v) is 7.04. The SMILES string of the molecule is CC(C)CNCC1CCN(c2cc(Cl)ccc2Br)C1. The van der Waals surface area contributed by atoms with Crippen molar-refractivity contribution >= 4 is 33.2 Å². The van der Waals surface area contributed by atoms with Crippen molar-refractivity contribution in [2.45, 2.75) is 20.3 Å². The summed E-state index contributed by atoms with van der Waals surface area (Å²) in [5.74, 6) is 1.46. The Hall–Kier alpha value is -0.250. The van der Waals surface area contributed by atoms with Gasteiger partial charge in [0.25, 0.3) is 0 Å². The fourth-order valence-corrected chi connectivity index (χ4v) is 3.19. The zero-order chi connectivity index (χ0) is 13.8. The summed E-state index contributed by atoms with van der Waals surface area (Å²) in [6, 6.07) is 6.00. The first-order valence-corrected chi connectivity index (χ1v) is 8.14. The van der Waals surface area contributed by atoms with Crippen LogP contribution in [-0.2, 0) is 0 Å². The van der Waals surface area contributed by atoms with Crippen molar-refractivity contribution in [3.63, 3.8) is 0 Å². The van der Waals surface area contributed by atoms with E-state index in [1.807, 2.05) is 12.1 Å². The first-order valence-electron chi connectivity index (χ1n) is 6.97. The van der Waals surface area contributed by atoms with Crippen LogP contribution in [0.4, 0.5) is 5.69 Å². The highest BCUT2D eigenvalue weighted by atomic mass is 79.9. The van der Waals surface area contributed by atoms with E-state index in [9.17, 15) is 0 Å². The first-order chi connectivity index (χ1) is 9.06. The smallest absolute Gasteiger partial charge is 0.0525 e. The molecule has 1 aliphatic heterocycles. The Labute approximate surface area is 129 Å². The maximum atomic E-state index is 6.09. The standard InChI is InChI=1S/C15H22BrClN2/c1-11(2)8-18-9-12-5-6-19(10-12)15-7-13(17)3-4-14(15)16/h3-4,7,11-12,18H,5-6,8-10H2,1-2H3. The Kier molecular flexibility index (Phi) is 5.55. The summed E-state index contributed by atoms with van der Waals surface area (Å²) in [6.07, 6.45) is 1.25. The summed E-state index contributed by atoms with van der Waals surface area (Å²) in [5.41, 5.74) is 1.22. The fourth-order valence-electron chi connectivity index (χ4n) is 2.52. The van der Waals surface area contributed by atoms with Crippen molar-refractivity contribution in [1.29, 1.82) is 0 Å². The summed E-state index contributed by atoms with van der Waals surface area (Å²) >= 11 is 9.71. The van der Waals surface area contributed by atoms with E-state index in [0.29, 0.717) is 0 Å². The monoisotopic (exact) mass is 344 g/mol. The van der Waals surface area contributed by atoms with Gasteiger partial charge in [-0.2, -0.15) is 0 Å². The molecular weight excluding hydrogens is 324 g/mol. The summed E-state index contributed by atoms with van der Waals surface area (Å²) in [5, 5.41) is 4.37. The van der Waals surface area contributed by atoms with Gasteiger partial charge < -0.3 is 10.2 Å². The van der Waals surface area contributed by atoms with Gasteiger partial charge in [-0.15, -0.1) is 0 Å². The van der Waals surface area contributed by atoms with Crippen LogP contribution in [0.15, 0.2) is 22.7 Å². The second kappa shape index (κ2) is 6.96. The molecule has 1 unspecified atom stereocenters. The van der Waals surface area contributed by atoms with E-state index in [1.54, 1.807) is 0 Å². The van der Waals surface area contributed by atoms with E-state index in [0.717, 1.165) is 47.5 Å². The van der Waals surface area contributed by atoms with Gasteiger partial charge in [0.05, 0.1) is 5.69 Å². The summed E-state index contributed by atoms with van der Waals surface area (Å²) < 4.78 is 1.13. The molecule has 4 heteroatoms. The zero-order valence-corrected chi connectivity index (χ0v) is 14.0. The van der Waals surface area contributed by atoms with Crippen molar-refractivity contribution in [2.75, 3.05) is 31.1 Å². The minimum atomic E-state index is 0.722. The highest BCUT2D eigenvalue weighted by molar-refractivity contribution is 9.10.